The van der Waals surface area contributed by atoms with E-state index in [4.69, 9.17) is 4.74 Å². The highest BCUT2D eigenvalue weighted by molar-refractivity contribution is 7.89. The van der Waals surface area contributed by atoms with E-state index in [2.05, 4.69) is 5.32 Å². The Hall–Kier alpha value is -0.820. The molecule has 1 aromatic carbocycles. The van der Waals surface area contributed by atoms with E-state index >= 15 is 0 Å². The van der Waals surface area contributed by atoms with Gasteiger partial charge in [0, 0.05) is 20.1 Å². The Morgan fingerprint density at radius 1 is 1.37 bits per heavy atom. The van der Waals surface area contributed by atoms with E-state index < -0.39 is 10.0 Å². The molecule has 1 rings (SSSR count). The quantitative estimate of drug-likeness (QED) is 0.860. The molecule has 0 atom stereocenters. The number of hydrogen-bond acceptors (Lipinski definition) is 4. The maximum atomic E-state index is 12.4. The van der Waals surface area contributed by atoms with Crippen LogP contribution in [0.25, 0.3) is 0 Å². The Morgan fingerprint density at radius 3 is 2.53 bits per heavy atom. The molecule has 0 amide bonds. The predicted octanol–water partition coefficient (Wildman–Crippen LogP) is 1.27. The number of benzene rings is 1. The highest BCUT2D eigenvalue weighted by Gasteiger charge is 2.24. The fourth-order valence-corrected chi connectivity index (χ4v) is 2.95. The largest absolute Gasteiger partial charge is 0.495 e. The predicted molar refractivity (Wildman–Crippen MR) is 78.7 cm³/mol. The van der Waals surface area contributed by atoms with Gasteiger partial charge in [0.2, 0.25) is 10.0 Å². The average molecular weight is 309 g/mol. The molecule has 1 aromatic rings. The molecule has 19 heavy (non-hydrogen) atoms. The van der Waals surface area contributed by atoms with Gasteiger partial charge in [0.25, 0.3) is 0 Å². The fraction of sp³-hybridized carbons (Fsp3) is 0.500. The third-order valence-electron chi connectivity index (χ3n) is 2.68. The lowest BCUT2D eigenvalue weighted by Gasteiger charge is -2.19. The van der Waals surface area contributed by atoms with E-state index in [1.807, 2.05) is 13.0 Å². The van der Waals surface area contributed by atoms with Gasteiger partial charge in [-0.15, -0.1) is 12.4 Å². The molecule has 0 heterocycles. The van der Waals surface area contributed by atoms with E-state index in [1.54, 1.807) is 26.2 Å². The summed E-state index contributed by atoms with van der Waals surface area (Å²) in [7, 11) is 1.31. The van der Waals surface area contributed by atoms with Crippen molar-refractivity contribution in [2.45, 2.75) is 11.8 Å². The number of nitrogens with one attached hydrogen (secondary N) is 1. The van der Waals surface area contributed by atoms with Crippen molar-refractivity contribution in [3.8, 4) is 5.75 Å². The lowest BCUT2D eigenvalue weighted by atomic mass is 10.2. The SMILES string of the molecule is CNCCN(C)S(=O)(=O)c1cc(C)ccc1OC.Cl. The van der Waals surface area contributed by atoms with Crippen LogP contribution in [0.2, 0.25) is 0 Å². The molecule has 0 saturated heterocycles. The third-order valence-corrected chi connectivity index (χ3v) is 4.56. The molecule has 5 nitrogen and oxygen atoms in total. The van der Waals surface area contributed by atoms with Crippen molar-refractivity contribution in [3.63, 3.8) is 0 Å². The van der Waals surface area contributed by atoms with Crippen molar-refractivity contribution >= 4 is 22.4 Å². The second-order valence-electron chi connectivity index (χ2n) is 4.08. The van der Waals surface area contributed by atoms with Crippen LogP contribution in [0.4, 0.5) is 0 Å². The van der Waals surface area contributed by atoms with Crippen LogP contribution >= 0.6 is 12.4 Å². The fourth-order valence-electron chi connectivity index (χ4n) is 1.54. The first kappa shape index (κ1) is 18.2. The Balaban J connectivity index is 0.00000324. The molecule has 0 bridgehead atoms. The van der Waals surface area contributed by atoms with Crippen molar-refractivity contribution in [1.29, 1.82) is 0 Å². The minimum absolute atomic E-state index is 0. The Labute approximate surface area is 121 Å². The molecule has 7 heteroatoms. The minimum atomic E-state index is -3.51. The molecular weight excluding hydrogens is 288 g/mol. The lowest BCUT2D eigenvalue weighted by Crippen LogP contribution is -2.33. The number of likely N-dealkylation sites (N-methyl/N-ethyl adjacent to an activating group) is 2. The van der Waals surface area contributed by atoms with Crippen LogP contribution < -0.4 is 10.1 Å². The molecule has 0 aliphatic carbocycles. The first-order valence-electron chi connectivity index (χ1n) is 5.69. The number of nitrogens with zero attached hydrogens (tertiary/aromatic N) is 1. The Morgan fingerprint density at radius 2 is 2.00 bits per heavy atom. The third kappa shape index (κ3) is 4.35. The molecule has 0 fully saturated rings. The summed E-state index contributed by atoms with van der Waals surface area (Å²) in [6.07, 6.45) is 0. The van der Waals surface area contributed by atoms with E-state index in [-0.39, 0.29) is 17.3 Å². The van der Waals surface area contributed by atoms with Crippen LogP contribution in [0.1, 0.15) is 5.56 Å². The molecule has 0 aliphatic heterocycles. The molecule has 0 spiro atoms. The lowest BCUT2D eigenvalue weighted by molar-refractivity contribution is 0.397. The highest BCUT2D eigenvalue weighted by atomic mass is 35.5. The van der Waals surface area contributed by atoms with Gasteiger partial charge in [0.15, 0.2) is 0 Å². The van der Waals surface area contributed by atoms with E-state index in [1.165, 1.54) is 11.4 Å². The van der Waals surface area contributed by atoms with Crippen LogP contribution in [-0.4, -0.2) is 47.0 Å². The van der Waals surface area contributed by atoms with Crippen LogP contribution in [0.15, 0.2) is 23.1 Å². The second-order valence-corrected chi connectivity index (χ2v) is 6.10. The number of halogens is 1. The monoisotopic (exact) mass is 308 g/mol. The van der Waals surface area contributed by atoms with Crippen LogP contribution in [0.3, 0.4) is 0 Å². The van der Waals surface area contributed by atoms with Gasteiger partial charge in [-0.05, 0) is 31.7 Å². The molecule has 110 valence electrons. The molecule has 0 aromatic heterocycles. The van der Waals surface area contributed by atoms with E-state index in [0.717, 1.165) is 5.56 Å². The van der Waals surface area contributed by atoms with Crippen molar-refractivity contribution < 1.29 is 13.2 Å². The maximum absolute atomic E-state index is 12.4. The first-order valence-corrected chi connectivity index (χ1v) is 7.13. The zero-order valence-corrected chi connectivity index (χ0v) is 13.3. The van der Waals surface area contributed by atoms with Gasteiger partial charge in [-0.1, -0.05) is 6.07 Å². The second kappa shape index (κ2) is 7.69. The standard InChI is InChI=1S/C12H20N2O3S.ClH/c1-10-5-6-11(17-4)12(9-10)18(15,16)14(3)8-7-13-2;/h5-6,9,13H,7-8H2,1-4H3;1H. The first-order chi connectivity index (χ1) is 8.43. The normalized spacial score (nSPS) is 11.2. The molecule has 0 radical (unpaired) electrons. The molecule has 0 saturated carbocycles. The van der Waals surface area contributed by atoms with Gasteiger partial charge < -0.3 is 10.1 Å². The molecular formula is C12H21ClN2O3S. The topological polar surface area (TPSA) is 58.6 Å². The zero-order chi connectivity index (χ0) is 13.8. The van der Waals surface area contributed by atoms with Gasteiger partial charge in [0.1, 0.15) is 10.6 Å². The maximum Gasteiger partial charge on any atom is 0.246 e. The van der Waals surface area contributed by atoms with Crippen molar-refractivity contribution in [1.82, 2.24) is 9.62 Å². The molecule has 0 unspecified atom stereocenters. The van der Waals surface area contributed by atoms with Crippen molar-refractivity contribution in [2.75, 3.05) is 34.3 Å². The van der Waals surface area contributed by atoms with Crippen molar-refractivity contribution in [2.24, 2.45) is 0 Å². The van der Waals surface area contributed by atoms with E-state index in [0.29, 0.717) is 18.8 Å². The van der Waals surface area contributed by atoms with Crippen LogP contribution in [0.5, 0.6) is 5.75 Å². The summed E-state index contributed by atoms with van der Waals surface area (Å²) in [5, 5.41) is 2.92. The Kier molecular flexibility index (Phi) is 7.36. The zero-order valence-electron chi connectivity index (χ0n) is 11.6. The Bertz CT molecular complexity index is 506. The van der Waals surface area contributed by atoms with Gasteiger partial charge in [-0.2, -0.15) is 4.31 Å². The summed E-state index contributed by atoms with van der Waals surface area (Å²) in [4.78, 5) is 0.212. The van der Waals surface area contributed by atoms with Crippen molar-refractivity contribution in [3.05, 3.63) is 23.8 Å². The van der Waals surface area contributed by atoms with Gasteiger partial charge in [-0.3, -0.25) is 0 Å². The summed E-state index contributed by atoms with van der Waals surface area (Å²) in [5.74, 6) is 0.372. The summed E-state index contributed by atoms with van der Waals surface area (Å²) in [6.45, 7) is 2.87. The summed E-state index contributed by atoms with van der Waals surface area (Å²) in [5.41, 5.74) is 0.886. The number of hydrogen-bond donors (Lipinski definition) is 1. The van der Waals surface area contributed by atoms with Gasteiger partial charge in [0.05, 0.1) is 7.11 Å². The number of methoxy groups -OCH3 is 1. The number of sulfonamides is 1. The highest BCUT2D eigenvalue weighted by Crippen LogP contribution is 2.26. The average Bonchev–Trinajstić information content (AvgIpc) is 2.35. The molecule has 0 aliphatic rings. The smallest absolute Gasteiger partial charge is 0.246 e. The van der Waals surface area contributed by atoms with Gasteiger partial charge >= 0.3 is 0 Å². The molecule has 1 N–H and O–H groups in total. The van der Waals surface area contributed by atoms with E-state index in [9.17, 15) is 8.42 Å². The summed E-state index contributed by atoms with van der Waals surface area (Å²) < 4.78 is 31.2. The number of aryl methyl sites for hydroxylation is 1. The van der Waals surface area contributed by atoms with Gasteiger partial charge in [-0.25, -0.2) is 8.42 Å². The van der Waals surface area contributed by atoms with Crippen LogP contribution in [0, 0.1) is 6.92 Å². The van der Waals surface area contributed by atoms with Crippen LogP contribution in [-0.2, 0) is 10.0 Å². The number of rotatable bonds is 6. The minimum Gasteiger partial charge on any atom is -0.495 e. The summed E-state index contributed by atoms with van der Waals surface area (Å²) in [6, 6.07) is 5.13. The summed E-state index contributed by atoms with van der Waals surface area (Å²) >= 11 is 0. The number of ether oxygens (including phenoxy) is 1.